The standard InChI is InChI=1S/C22H26N2O3.C9H8/c1-5-21(25)24-13-12-18(14-24)16(3)8-11-20(22(23)26)17(4)27-19-9-6-15(2)7-10-19;1-3-9-6-4-5-8(2)7-9/h5-11,18H,1,4,12-14H2,2-3H3,(H2,23,26);1,4-7H,2H3/b16-8+,20-11+;. The van der Waals surface area contributed by atoms with Crippen molar-refractivity contribution in [1.29, 1.82) is 0 Å². The van der Waals surface area contributed by atoms with Crippen LogP contribution >= 0.6 is 0 Å². The lowest BCUT2D eigenvalue weighted by atomic mass is 9.99. The fourth-order valence-corrected chi connectivity index (χ4v) is 3.66. The van der Waals surface area contributed by atoms with Gasteiger partial charge in [-0.3, -0.25) is 9.59 Å². The van der Waals surface area contributed by atoms with Gasteiger partial charge in [0.05, 0.1) is 5.57 Å². The Morgan fingerprint density at radius 1 is 1.14 bits per heavy atom. The van der Waals surface area contributed by atoms with Gasteiger partial charge >= 0.3 is 0 Å². The highest BCUT2D eigenvalue weighted by Gasteiger charge is 2.25. The molecule has 2 aromatic carbocycles. The maximum Gasteiger partial charge on any atom is 0.252 e. The highest BCUT2D eigenvalue weighted by molar-refractivity contribution is 5.96. The zero-order chi connectivity index (χ0) is 26.7. The van der Waals surface area contributed by atoms with Gasteiger partial charge in [0, 0.05) is 18.7 Å². The highest BCUT2D eigenvalue weighted by atomic mass is 16.5. The summed E-state index contributed by atoms with van der Waals surface area (Å²) in [5.74, 6) is 2.94. The van der Waals surface area contributed by atoms with Gasteiger partial charge in [-0.15, -0.1) is 6.42 Å². The van der Waals surface area contributed by atoms with Gasteiger partial charge in [-0.25, -0.2) is 0 Å². The summed E-state index contributed by atoms with van der Waals surface area (Å²) in [7, 11) is 0. The van der Waals surface area contributed by atoms with Crippen LogP contribution in [0.3, 0.4) is 0 Å². The summed E-state index contributed by atoms with van der Waals surface area (Å²) in [5, 5.41) is 0. The van der Waals surface area contributed by atoms with E-state index in [1.807, 2.05) is 75.4 Å². The molecule has 5 heteroatoms. The summed E-state index contributed by atoms with van der Waals surface area (Å²) in [6.07, 6.45) is 10.9. The fraction of sp³-hybridized carbons (Fsp3) is 0.226. The summed E-state index contributed by atoms with van der Waals surface area (Å²) < 4.78 is 5.66. The lowest BCUT2D eigenvalue weighted by molar-refractivity contribution is -0.125. The van der Waals surface area contributed by atoms with E-state index in [0.29, 0.717) is 18.8 Å². The van der Waals surface area contributed by atoms with Gasteiger partial charge in [-0.2, -0.15) is 0 Å². The normalized spacial score (nSPS) is 15.3. The largest absolute Gasteiger partial charge is 0.457 e. The molecule has 2 aromatic rings. The molecule has 3 rings (SSSR count). The summed E-state index contributed by atoms with van der Waals surface area (Å²) in [6, 6.07) is 15.3. The molecule has 1 aliphatic heterocycles. The topological polar surface area (TPSA) is 72.6 Å². The van der Waals surface area contributed by atoms with Gasteiger partial charge in [-0.05, 0) is 75.1 Å². The zero-order valence-corrected chi connectivity index (χ0v) is 21.3. The van der Waals surface area contributed by atoms with Crippen molar-refractivity contribution in [1.82, 2.24) is 4.90 Å². The summed E-state index contributed by atoms with van der Waals surface area (Å²) in [4.78, 5) is 25.3. The van der Waals surface area contributed by atoms with Crippen LogP contribution in [-0.4, -0.2) is 29.8 Å². The summed E-state index contributed by atoms with van der Waals surface area (Å²) in [6.45, 7) is 14.7. The number of aryl methyl sites for hydroxylation is 2. The van der Waals surface area contributed by atoms with Crippen LogP contribution in [0, 0.1) is 32.1 Å². The van der Waals surface area contributed by atoms with Crippen LogP contribution in [0.4, 0.5) is 0 Å². The molecular weight excluding hydrogens is 448 g/mol. The Morgan fingerprint density at radius 3 is 2.39 bits per heavy atom. The van der Waals surface area contributed by atoms with Crippen molar-refractivity contribution in [3.05, 3.63) is 114 Å². The average molecular weight is 483 g/mol. The molecule has 5 nitrogen and oxygen atoms in total. The van der Waals surface area contributed by atoms with Crippen molar-refractivity contribution < 1.29 is 14.3 Å². The lowest BCUT2D eigenvalue weighted by Crippen LogP contribution is -2.26. The number of hydrogen-bond donors (Lipinski definition) is 1. The summed E-state index contributed by atoms with van der Waals surface area (Å²) >= 11 is 0. The molecule has 1 aliphatic rings. The SMILES string of the molecule is C#Cc1cccc(C)c1.C=CC(=O)N1CCC(/C(C)=C/C=C(\C(=C)Oc2ccc(C)cc2)C(N)=O)C1. The average Bonchev–Trinajstić information content (AvgIpc) is 3.36. The second-order valence-corrected chi connectivity index (χ2v) is 8.68. The third-order valence-corrected chi connectivity index (χ3v) is 5.84. The Hall–Kier alpha value is -4.30. The number of allylic oxidation sites excluding steroid dienone is 2. The minimum Gasteiger partial charge on any atom is -0.457 e. The Bertz CT molecular complexity index is 1210. The number of carbonyl (C=O) groups excluding carboxylic acids is 2. The van der Waals surface area contributed by atoms with Gasteiger partial charge < -0.3 is 15.4 Å². The number of hydrogen-bond acceptors (Lipinski definition) is 3. The first-order chi connectivity index (χ1) is 17.1. The van der Waals surface area contributed by atoms with E-state index in [4.69, 9.17) is 16.9 Å². The number of primary amides is 1. The number of benzene rings is 2. The van der Waals surface area contributed by atoms with Crippen molar-refractivity contribution in [3.63, 3.8) is 0 Å². The molecule has 1 atom stereocenters. The smallest absolute Gasteiger partial charge is 0.252 e. The molecule has 0 saturated carbocycles. The molecule has 0 radical (unpaired) electrons. The number of nitrogens with two attached hydrogens (primary N) is 1. The van der Waals surface area contributed by atoms with Crippen LogP contribution in [0.5, 0.6) is 5.75 Å². The number of amides is 2. The quantitative estimate of drug-likeness (QED) is 0.253. The lowest BCUT2D eigenvalue weighted by Gasteiger charge is -2.14. The first-order valence-corrected chi connectivity index (χ1v) is 11.7. The van der Waals surface area contributed by atoms with E-state index in [1.165, 1.54) is 11.6 Å². The first kappa shape index (κ1) is 27.9. The molecule has 1 saturated heterocycles. The fourth-order valence-electron chi connectivity index (χ4n) is 3.66. The van der Waals surface area contributed by atoms with Crippen LogP contribution < -0.4 is 10.5 Å². The van der Waals surface area contributed by atoms with E-state index in [-0.39, 0.29) is 23.2 Å². The minimum atomic E-state index is -0.606. The van der Waals surface area contributed by atoms with Crippen molar-refractivity contribution in [3.8, 4) is 18.1 Å². The molecule has 2 amide bonds. The molecule has 1 fully saturated rings. The Balaban J connectivity index is 0.000000425. The molecule has 2 N–H and O–H groups in total. The molecule has 0 aromatic heterocycles. The third kappa shape index (κ3) is 8.48. The zero-order valence-electron chi connectivity index (χ0n) is 21.3. The van der Waals surface area contributed by atoms with Crippen molar-refractivity contribution in [2.24, 2.45) is 11.7 Å². The van der Waals surface area contributed by atoms with E-state index in [1.54, 1.807) is 11.0 Å². The van der Waals surface area contributed by atoms with Gasteiger partial charge in [-0.1, -0.05) is 60.6 Å². The van der Waals surface area contributed by atoms with Crippen molar-refractivity contribution in [2.45, 2.75) is 27.2 Å². The molecule has 186 valence electrons. The minimum absolute atomic E-state index is 0.0569. The number of rotatable bonds is 7. The van der Waals surface area contributed by atoms with Crippen LogP contribution in [0.2, 0.25) is 0 Å². The van der Waals surface area contributed by atoms with Crippen molar-refractivity contribution >= 4 is 11.8 Å². The molecule has 1 unspecified atom stereocenters. The van der Waals surface area contributed by atoms with Gasteiger partial charge in [0.15, 0.2) is 0 Å². The number of carbonyl (C=O) groups is 2. The highest BCUT2D eigenvalue weighted by Crippen LogP contribution is 2.24. The van der Waals surface area contributed by atoms with Crippen LogP contribution in [-0.2, 0) is 9.59 Å². The van der Waals surface area contributed by atoms with E-state index in [2.05, 4.69) is 19.1 Å². The Labute approximate surface area is 214 Å². The van der Waals surface area contributed by atoms with Gasteiger partial charge in [0.1, 0.15) is 11.5 Å². The number of ether oxygens (including phenoxy) is 1. The van der Waals surface area contributed by atoms with E-state index < -0.39 is 5.91 Å². The monoisotopic (exact) mass is 482 g/mol. The second-order valence-electron chi connectivity index (χ2n) is 8.68. The maximum absolute atomic E-state index is 11.8. The molecule has 1 heterocycles. The van der Waals surface area contributed by atoms with E-state index in [9.17, 15) is 9.59 Å². The van der Waals surface area contributed by atoms with E-state index in [0.717, 1.165) is 23.1 Å². The predicted molar refractivity (Wildman–Crippen MR) is 146 cm³/mol. The predicted octanol–water partition coefficient (Wildman–Crippen LogP) is 5.26. The van der Waals surface area contributed by atoms with Gasteiger partial charge in [0.2, 0.25) is 5.91 Å². The number of nitrogens with zero attached hydrogens (tertiary/aromatic N) is 1. The Morgan fingerprint density at radius 2 is 1.83 bits per heavy atom. The maximum atomic E-state index is 11.8. The third-order valence-electron chi connectivity index (χ3n) is 5.84. The molecule has 0 spiro atoms. The second kappa shape index (κ2) is 13.6. The number of likely N-dealkylation sites (tertiary alicyclic amines) is 1. The summed E-state index contributed by atoms with van der Waals surface area (Å²) in [5.41, 5.74) is 10.1. The molecule has 0 aliphatic carbocycles. The van der Waals surface area contributed by atoms with Crippen LogP contribution in [0.15, 0.2) is 96.8 Å². The Kier molecular flexibility index (Phi) is 10.5. The molecule has 36 heavy (non-hydrogen) atoms. The van der Waals surface area contributed by atoms with Crippen LogP contribution in [0.1, 0.15) is 30.0 Å². The van der Waals surface area contributed by atoms with Crippen LogP contribution in [0.25, 0.3) is 0 Å². The van der Waals surface area contributed by atoms with Crippen molar-refractivity contribution in [2.75, 3.05) is 13.1 Å². The molecule has 0 bridgehead atoms. The number of terminal acetylenes is 1. The molecular formula is C31H34N2O3. The van der Waals surface area contributed by atoms with Gasteiger partial charge in [0.25, 0.3) is 5.91 Å². The van der Waals surface area contributed by atoms with E-state index >= 15 is 0 Å². The first-order valence-electron chi connectivity index (χ1n) is 11.7.